The van der Waals surface area contributed by atoms with Crippen LogP contribution < -0.4 is 5.32 Å². The molecule has 8 heteroatoms. The Morgan fingerprint density at radius 3 is 2.71 bits per heavy atom. The monoisotopic (exact) mass is 492 g/mol. The topological polar surface area (TPSA) is 97.2 Å². The van der Waals surface area contributed by atoms with Gasteiger partial charge in [-0.05, 0) is 73.8 Å². The molecule has 0 amide bonds. The molecule has 3 aromatic rings. The number of methoxy groups -OCH3 is 1. The molecule has 184 valence electrons. The highest BCUT2D eigenvalue weighted by Gasteiger charge is 2.49. The number of aryl methyl sites for hydroxylation is 1. The van der Waals surface area contributed by atoms with Gasteiger partial charge in [0.05, 0.1) is 17.9 Å². The minimum atomic E-state index is -1.06. The molecule has 2 unspecified atom stereocenters. The molecule has 35 heavy (non-hydrogen) atoms. The Hall–Kier alpha value is -2.84. The van der Waals surface area contributed by atoms with Gasteiger partial charge >= 0.3 is 5.97 Å². The maximum atomic E-state index is 12.2. The van der Waals surface area contributed by atoms with Crippen molar-refractivity contribution in [1.82, 2.24) is 15.0 Å². The van der Waals surface area contributed by atoms with Crippen LogP contribution >= 0.6 is 11.3 Å². The van der Waals surface area contributed by atoms with E-state index in [1.54, 1.807) is 0 Å². The van der Waals surface area contributed by atoms with E-state index in [9.17, 15) is 9.90 Å². The summed E-state index contributed by atoms with van der Waals surface area (Å²) in [6.07, 6.45) is 7.56. The van der Waals surface area contributed by atoms with Crippen molar-refractivity contribution in [3.63, 3.8) is 0 Å². The quantitative estimate of drug-likeness (QED) is 0.425. The average Bonchev–Trinajstić information content (AvgIpc) is 3.53. The molecule has 0 radical (unpaired) electrons. The van der Waals surface area contributed by atoms with Crippen LogP contribution in [-0.2, 0) is 15.1 Å². The summed E-state index contributed by atoms with van der Waals surface area (Å²) in [5.41, 5.74) is 2.71. The summed E-state index contributed by atoms with van der Waals surface area (Å²) in [6, 6.07) is 8.25. The molecular weight excluding hydrogens is 460 g/mol. The second-order valence-electron chi connectivity index (χ2n) is 10.6. The summed E-state index contributed by atoms with van der Waals surface area (Å²) in [5, 5.41) is 15.6. The van der Waals surface area contributed by atoms with Gasteiger partial charge in [-0.1, -0.05) is 19.9 Å². The molecule has 2 N–H and O–H groups in total. The summed E-state index contributed by atoms with van der Waals surface area (Å²) in [6.45, 7) is 6.10. The SMILES string of the molecule is COC(=O)C1CCC(O)(c2ncc(-c3cc(C)cc(Nc4nccc(C5CC5)n4)c3)s2)CC1(C)C. The summed E-state index contributed by atoms with van der Waals surface area (Å²) in [4.78, 5) is 26.9. The number of benzene rings is 1. The molecule has 0 bridgehead atoms. The van der Waals surface area contributed by atoms with E-state index < -0.39 is 5.60 Å². The van der Waals surface area contributed by atoms with Crippen LogP contribution in [0.3, 0.4) is 0 Å². The second-order valence-corrected chi connectivity index (χ2v) is 11.7. The molecule has 2 saturated carbocycles. The minimum absolute atomic E-state index is 0.205. The van der Waals surface area contributed by atoms with Crippen LogP contribution in [0.1, 0.15) is 68.1 Å². The summed E-state index contributed by atoms with van der Waals surface area (Å²) in [7, 11) is 1.42. The van der Waals surface area contributed by atoms with Crippen LogP contribution in [-0.4, -0.2) is 33.1 Å². The minimum Gasteiger partial charge on any atom is -0.469 e. The van der Waals surface area contributed by atoms with Crippen LogP contribution in [0.15, 0.2) is 36.7 Å². The van der Waals surface area contributed by atoms with E-state index in [1.807, 2.05) is 32.3 Å². The number of aromatic nitrogens is 3. The van der Waals surface area contributed by atoms with Gasteiger partial charge in [0.25, 0.3) is 0 Å². The van der Waals surface area contributed by atoms with Gasteiger partial charge in [0.2, 0.25) is 5.95 Å². The number of anilines is 2. The van der Waals surface area contributed by atoms with Crippen molar-refractivity contribution in [2.45, 2.75) is 64.4 Å². The normalized spacial score (nSPS) is 23.6. The number of esters is 1. The van der Waals surface area contributed by atoms with Gasteiger partial charge in [0, 0.05) is 29.7 Å². The molecule has 1 aromatic carbocycles. The first-order chi connectivity index (χ1) is 16.7. The molecule has 0 saturated heterocycles. The molecule has 2 aliphatic rings. The highest BCUT2D eigenvalue weighted by molar-refractivity contribution is 7.15. The van der Waals surface area contributed by atoms with Crippen molar-refractivity contribution in [3.8, 4) is 10.4 Å². The Kier molecular flexibility index (Phi) is 6.13. The largest absolute Gasteiger partial charge is 0.469 e. The van der Waals surface area contributed by atoms with Crippen molar-refractivity contribution in [3.05, 3.63) is 52.9 Å². The number of nitrogens with zero attached hydrogens (tertiary/aromatic N) is 3. The molecule has 2 heterocycles. The third-order valence-corrected chi connectivity index (χ3v) is 8.46. The fourth-order valence-electron chi connectivity index (χ4n) is 5.29. The lowest BCUT2D eigenvalue weighted by molar-refractivity contribution is -0.157. The lowest BCUT2D eigenvalue weighted by Crippen LogP contribution is -2.45. The fraction of sp³-hybridized carbons (Fsp3) is 0.481. The first-order valence-electron chi connectivity index (χ1n) is 12.2. The number of hydrogen-bond acceptors (Lipinski definition) is 8. The maximum Gasteiger partial charge on any atom is 0.309 e. The molecule has 7 nitrogen and oxygen atoms in total. The van der Waals surface area contributed by atoms with E-state index in [0.29, 0.717) is 36.1 Å². The zero-order chi connectivity index (χ0) is 24.8. The number of ether oxygens (including phenoxy) is 1. The van der Waals surface area contributed by atoms with Gasteiger partial charge in [-0.2, -0.15) is 0 Å². The smallest absolute Gasteiger partial charge is 0.309 e. The molecule has 2 fully saturated rings. The molecule has 2 aromatic heterocycles. The average molecular weight is 493 g/mol. The molecule has 2 aliphatic carbocycles. The fourth-order valence-corrected chi connectivity index (χ4v) is 6.31. The predicted octanol–water partition coefficient (Wildman–Crippen LogP) is 5.72. The van der Waals surface area contributed by atoms with Gasteiger partial charge in [0.1, 0.15) is 10.6 Å². The van der Waals surface area contributed by atoms with Crippen molar-refractivity contribution in [2.75, 3.05) is 12.4 Å². The van der Waals surface area contributed by atoms with Crippen LogP contribution in [0.5, 0.6) is 0 Å². The Labute approximate surface area is 210 Å². The van der Waals surface area contributed by atoms with Gasteiger partial charge < -0.3 is 15.2 Å². The third kappa shape index (κ3) is 4.95. The van der Waals surface area contributed by atoms with Crippen LogP contribution in [0.2, 0.25) is 0 Å². The van der Waals surface area contributed by atoms with E-state index in [1.165, 1.54) is 31.3 Å². The van der Waals surface area contributed by atoms with Crippen molar-refractivity contribution >= 4 is 28.9 Å². The summed E-state index contributed by atoms with van der Waals surface area (Å²) in [5.74, 6) is 0.747. The Morgan fingerprint density at radius 1 is 1.20 bits per heavy atom. The van der Waals surface area contributed by atoms with Gasteiger partial charge in [-0.3, -0.25) is 4.79 Å². The van der Waals surface area contributed by atoms with E-state index in [2.05, 4.69) is 45.4 Å². The number of carbonyl (C=O) groups is 1. The standard InChI is InChI=1S/C27H32N4O3S/c1-16-11-18(13-19(12-16)30-25-28-10-8-21(31-25)17-5-6-17)22-14-29-24(35-22)27(33)9-7-20(23(32)34-4)26(2,3)15-27/h8,10-14,17,20,33H,5-7,9,15H2,1-4H3,(H,28,30,31). The molecular formula is C27H32N4O3S. The van der Waals surface area contributed by atoms with Gasteiger partial charge in [0.15, 0.2) is 0 Å². The van der Waals surface area contributed by atoms with Gasteiger partial charge in [-0.15, -0.1) is 11.3 Å². The number of rotatable bonds is 6. The molecule has 2 atom stereocenters. The van der Waals surface area contributed by atoms with Crippen LogP contribution in [0.4, 0.5) is 11.6 Å². The summed E-state index contributed by atoms with van der Waals surface area (Å²) >= 11 is 1.51. The van der Waals surface area contributed by atoms with Crippen molar-refractivity contribution in [1.29, 1.82) is 0 Å². The van der Waals surface area contributed by atoms with Crippen LogP contribution in [0.25, 0.3) is 10.4 Å². The third-order valence-electron chi connectivity index (χ3n) is 7.22. The Bertz CT molecular complexity index is 1250. The zero-order valence-corrected chi connectivity index (χ0v) is 21.5. The lowest BCUT2D eigenvalue weighted by atomic mass is 9.63. The highest BCUT2D eigenvalue weighted by Crippen LogP contribution is 2.51. The first-order valence-corrected chi connectivity index (χ1v) is 13.0. The second kappa shape index (κ2) is 8.99. The Balaban J connectivity index is 1.37. The van der Waals surface area contributed by atoms with Gasteiger partial charge in [-0.25, -0.2) is 15.0 Å². The molecule has 0 aliphatic heterocycles. The predicted molar refractivity (Wildman–Crippen MR) is 137 cm³/mol. The summed E-state index contributed by atoms with van der Waals surface area (Å²) < 4.78 is 5.00. The molecule has 0 spiro atoms. The highest BCUT2D eigenvalue weighted by atomic mass is 32.1. The zero-order valence-electron chi connectivity index (χ0n) is 20.7. The molecule has 5 rings (SSSR count). The maximum absolute atomic E-state index is 12.2. The van der Waals surface area contributed by atoms with Crippen molar-refractivity contribution in [2.24, 2.45) is 11.3 Å². The van der Waals surface area contributed by atoms with Crippen LogP contribution in [0, 0.1) is 18.3 Å². The number of thiazole rings is 1. The van der Waals surface area contributed by atoms with Crippen molar-refractivity contribution < 1.29 is 14.6 Å². The number of hydrogen-bond donors (Lipinski definition) is 2. The Morgan fingerprint density at radius 2 is 2.00 bits per heavy atom. The number of carbonyl (C=O) groups excluding carboxylic acids is 1. The number of aliphatic hydroxyl groups is 1. The van der Waals surface area contributed by atoms with E-state index >= 15 is 0 Å². The first kappa shape index (κ1) is 23.9. The van der Waals surface area contributed by atoms with E-state index in [-0.39, 0.29) is 17.3 Å². The number of nitrogens with one attached hydrogen (secondary N) is 1. The van der Waals surface area contributed by atoms with E-state index in [4.69, 9.17) is 4.74 Å². The van der Waals surface area contributed by atoms with E-state index in [0.717, 1.165) is 27.4 Å². The lowest BCUT2D eigenvalue weighted by Gasteiger charge is -2.44.